The van der Waals surface area contributed by atoms with Crippen LogP contribution in [0.25, 0.3) is 0 Å². The van der Waals surface area contributed by atoms with Gasteiger partial charge in [0, 0.05) is 12.8 Å². The number of nitrogens with one attached hydrogen (secondary N) is 1. The second-order valence-electron chi connectivity index (χ2n) is 8.05. The maximum absolute atomic E-state index is 12.9. The molecule has 5 amide bonds. The van der Waals surface area contributed by atoms with Crippen molar-refractivity contribution < 1.29 is 18.9 Å². The molecule has 0 aliphatic heterocycles. The zero-order valence-electron chi connectivity index (χ0n) is 17.2. The Labute approximate surface area is 178 Å². The number of carbonyl (C=O) groups excluding carboxylic acids is 3. The molecule has 0 aromatic carbocycles. The predicted molar refractivity (Wildman–Crippen MR) is 111 cm³/mol. The van der Waals surface area contributed by atoms with Crippen LogP contribution in [0, 0.1) is 0 Å². The van der Waals surface area contributed by atoms with Gasteiger partial charge in [-0.25, -0.2) is 41.3 Å². The Morgan fingerprint density at radius 3 is 2.00 bits per heavy atom. The molecule has 1 fully saturated rings. The van der Waals surface area contributed by atoms with Crippen LogP contribution in [0.4, 0.5) is 21.2 Å². The molecular weight excluding hydrogens is 416 g/mol. The highest BCUT2D eigenvalue weighted by Crippen LogP contribution is 2.37. The van der Waals surface area contributed by atoms with Crippen LogP contribution in [0.2, 0.25) is 5.15 Å². The summed E-state index contributed by atoms with van der Waals surface area (Å²) in [7, 11) is 6.22. The number of quaternary nitrogens is 1. The van der Waals surface area contributed by atoms with Gasteiger partial charge in [0.1, 0.15) is 5.54 Å². The molecule has 166 valence electrons. The molecule has 1 aromatic rings. The van der Waals surface area contributed by atoms with Gasteiger partial charge in [-0.1, -0.05) is 11.6 Å². The van der Waals surface area contributed by atoms with Gasteiger partial charge in [-0.2, -0.15) is 0 Å². The first-order chi connectivity index (χ1) is 13.8. The summed E-state index contributed by atoms with van der Waals surface area (Å²) in [5, 5.41) is 3.26. The lowest BCUT2D eigenvalue weighted by Gasteiger charge is -2.44. The topological polar surface area (TPSA) is 200 Å². The van der Waals surface area contributed by atoms with Gasteiger partial charge < -0.3 is 21.3 Å². The van der Waals surface area contributed by atoms with E-state index in [-0.39, 0.29) is 16.4 Å². The molecule has 0 unspecified atom stereocenters. The number of hydrazine groups is 2. The van der Waals surface area contributed by atoms with Crippen LogP contribution in [-0.4, -0.2) is 65.6 Å². The fourth-order valence-corrected chi connectivity index (χ4v) is 3.74. The zero-order chi connectivity index (χ0) is 22.9. The normalized spacial score (nSPS) is 15.5. The van der Waals surface area contributed by atoms with Crippen LogP contribution in [0.5, 0.6) is 0 Å². The monoisotopic (exact) mass is 443 g/mol. The smallest absolute Gasteiger partial charge is 0.335 e. The number of urea groups is 2. The average Bonchev–Trinajstić information content (AvgIpc) is 3.14. The number of halogens is 1. The van der Waals surface area contributed by atoms with Crippen molar-refractivity contribution in [3.8, 4) is 0 Å². The summed E-state index contributed by atoms with van der Waals surface area (Å²) in [6.07, 6.45) is 4.02. The van der Waals surface area contributed by atoms with Crippen molar-refractivity contribution in [1.82, 2.24) is 15.3 Å². The Morgan fingerprint density at radius 2 is 1.53 bits per heavy atom. The number of likely N-dealkylation sites (N-methyl/N-ethyl adjacent to an activating group) is 1. The first kappa shape index (κ1) is 23.5. The second kappa shape index (κ2) is 8.55. The molecule has 0 atom stereocenters. The maximum Gasteiger partial charge on any atom is 0.335 e. The van der Waals surface area contributed by atoms with E-state index in [4.69, 9.17) is 34.8 Å². The van der Waals surface area contributed by atoms with Crippen LogP contribution < -0.4 is 38.5 Å². The van der Waals surface area contributed by atoms with Gasteiger partial charge in [-0.15, -0.1) is 0 Å². The molecule has 30 heavy (non-hydrogen) atoms. The van der Waals surface area contributed by atoms with Crippen molar-refractivity contribution in [2.24, 2.45) is 23.2 Å². The van der Waals surface area contributed by atoms with E-state index in [1.807, 2.05) is 0 Å². The number of aromatic nitrogens is 2. The molecule has 2 rings (SSSR count). The first-order valence-corrected chi connectivity index (χ1v) is 9.54. The minimum Gasteiger partial charge on any atom is -0.350 e. The Bertz CT molecular complexity index is 850. The average molecular weight is 444 g/mol. The summed E-state index contributed by atoms with van der Waals surface area (Å²) in [6, 6.07) is -2.21. The SMILES string of the molecule is C[N+](C)(C)C1(CNC(=O)c2nc(Cl)c(N(N)C(N)=O)nc2N(N)C(N)=O)CCCC1. The van der Waals surface area contributed by atoms with Gasteiger partial charge in [0.2, 0.25) is 0 Å². The fourth-order valence-electron chi connectivity index (χ4n) is 3.53. The quantitative estimate of drug-likeness (QED) is 0.167. The highest BCUT2D eigenvalue weighted by atomic mass is 35.5. The van der Waals surface area contributed by atoms with Gasteiger partial charge in [0.25, 0.3) is 5.91 Å². The van der Waals surface area contributed by atoms with Gasteiger partial charge in [0.05, 0.1) is 27.7 Å². The molecule has 0 saturated heterocycles. The Balaban J connectivity index is 2.41. The molecule has 1 saturated carbocycles. The predicted octanol–water partition coefficient (Wildman–Crippen LogP) is -0.604. The first-order valence-electron chi connectivity index (χ1n) is 9.16. The lowest BCUT2D eigenvalue weighted by molar-refractivity contribution is -0.922. The molecular formula is C16H28ClN10O3+. The molecule has 1 aromatic heterocycles. The van der Waals surface area contributed by atoms with Crippen molar-refractivity contribution in [3.63, 3.8) is 0 Å². The Hall–Kier alpha value is -2.74. The number of amides is 5. The third-order valence-electron chi connectivity index (χ3n) is 5.50. The molecule has 0 bridgehead atoms. The van der Waals surface area contributed by atoms with Crippen molar-refractivity contribution in [2.75, 3.05) is 37.7 Å². The summed E-state index contributed by atoms with van der Waals surface area (Å²) >= 11 is 6.03. The second-order valence-corrected chi connectivity index (χ2v) is 8.41. The van der Waals surface area contributed by atoms with Crippen LogP contribution in [0.15, 0.2) is 0 Å². The molecule has 1 heterocycles. The van der Waals surface area contributed by atoms with Crippen molar-refractivity contribution in [1.29, 1.82) is 0 Å². The third kappa shape index (κ3) is 4.53. The highest BCUT2D eigenvalue weighted by molar-refractivity contribution is 6.32. The minimum absolute atomic E-state index is 0.154. The number of hydrogen-bond donors (Lipinski definition) is 5. The molecule has 0 spiro atoms. The van der Waals surface area contributed by atoms with E-state index < -0.39 is 29.6 Å². The van der Waals surface area contributed by atoms with E-state index >= 15 is 0 Å². The number of nitrogens with two attached hydrogens (primary N) is 4. The van der Waals surface area contributed by atoms with Crippen molar-refractivity contribution >= 4 is 41.2 Å². The van der Waals surface area contributed by atoms with E-state index in [1.165, 1.54) is 0 Å². The molecule has 9 N–H and O–H groups in total. The van der Waals surface area contributed by atoms with E-state index in [9.17, 15) is 14.4 Å². The number of nitrogens with zero attached hydrogens (tertiary/aromatic N) is 5. The van der Waals surface area contributed by atoms with Crippen molar-refractivity contribution in [3.05, 3.63) is 10.8 Å². The van der Waals surface area contributed by atoms with Gasteiger partial charge >= 0.3 is 12.1 Å². The number of anilines is 2. The van der Waals surface area contributed by atoms with Crippen LogP contribution in [-0.2, 0) is 0 Å². The third-order valence-corrected chi connectivity index (χ3v) is 5.75. The van der Waals surface area contributed by atoms with Crippen molar-refractivity contribution in [2.45, 2.75) is 31.2 Å². The molecule has 0 radical (unpaired) electrons. The standard InChI is InChI=1S/C16H27ClN10O3/c1-27(2,3)16(6-4-5-7-16)8-22-13(28)9-11(25(20)14(18)29)24-12(10(17)23-9)26(21)15(19)30/h4-8,20-21H2,1-3H3,(H4-,18,19,22,28,29,30)/p+1. The summed E-state index contributed by atoms with van der Waals surface area (Å²) in [5.74, 6) is 9.66. The van der Waals surface area contributed by atoms with Gasteiger partial charge in [-0.05, 0) is 12.8 Å². The summed E-state index contributed by atoms with van der Waals surface area (Å²) in [5.41, 5.74) is 9.81. The molecule has 1 aliphatic carbocycles. The highest BCUT2D eigenvalue weighted by Gasteiger charge is 2.45. The number of primary amides is 2. The lowest BCUT2D eigenvalue weighted by Crippen LogP contribution is -2.61. The molecule has 1 aliphatic rings. The van der Waals surface area contributed by atoms with Crippen LogP contribution >= 0.6 is 11.6 Å². The maximum atomic E-state index is 12.9. The molecule has 13 nitrogen and oxygen atoms in total. The lowest BCUT2D eigenvalue weighted by atomic mass is 9.93. The van der Waals surface area contributed by atoms with Gasteiger partial charge in [-0.3, -0.25) is 4.79 Å². The van der Waals surface area contributed by atoms with Gasteiger partial charge in [0.15, 0.2) is 22.5 Å². The van der Waals surface area contributed by atoms with Crippen LogP contribution in [0.3, 0.4) is 0 Å². The number of hydrogen-bond acceptors (Lipinski definition) is 7. The summed E-state index contributed by atoms with van der Waals surface area (Å²) in [4.78, 5) is 43.7. The number of carbonyl (C=O) groups is 3. The Kier molecular flexibility index (Phi) is 6.71. The molecule has 14 heteroatoms. The van der Waals surface area contributed by atoms with E-state index in [1.54, 1.807) is 0 Å². The Morgan fingerprint density at radius 1 is 1.03 bits per heavy atom. The minimum atomic E-state index is -1.12. The van der Waals surface area contributed by atoms with E-state index in [2.05, 4.69) is 36.4 Å². The van der Waals surface area contributed by atoms with Crippen LogP contribution in [0.1, 0.15) is 36.2 Å². The fraction of sp³-hybridized carbons (Fsp3) is 0.562. The largest absolute Gasteiger partial charge is 0.350 e. The van der Waals surface area contributed by atoms with E-state index in [0.717, 1.165) is 25.7 Å². The summed E-state index contributed by atoms with van der Waals surface area (Å²) in [6.45, 7) is 0.362. The number of rotatable bonds is 6. The van der Waals surface area contributed by atoms with E-state index in [0.29, 0.717) is 21.0 Å². The summed E-state index contributed by atoms with van der Waals surface area (Å²) < 4.78 is 0.663. The zero-order valence-corrected chi connectivity index (χ0v) is 17.9.